The highest BCUT2D eigenvalue weighted by Crippen LogP contribution is 2.19. The fourth-order valence-corrected chi connectivity index (χ4v) is 1.40. The van der Waals surface area contributed by atoms with Gasteiger partial charge in [0, 0.05) is 13.2 Å². The number of imidazole rings is 1. The van der Waals surface area contributed by atoms with E-state index in [1.54, 1.807) is 0 Å². The predicted molar refractivity (Wildman–Crippen MR) is 59.1 cm³/mol. The molecular formula is C11H19N3. The molecule has 3 nitrogen and oxygen atoms in total. The van der Waals surface area contributed by atoms with Crippen molar-refractivity contribution < 1.29 is 0 Å². The molecule has 14 heavy (non-hydrogen) atoms. The third-order valence-electron chi connectivity index (χ3n) is 2.42. The molecule has 0 aliphatic carbocycles. The average Bonchev–Trinajstić information content (AvgIpc) is 2.60. The van der Waals surface area contributed by atoms with Crippen LogP contribution in [0.4, 0.5) is 0 Å². The van der Waals surface area contributed by atoms with Crippen LogP contribution in [-0.4, -0.2) is 16.6 Å². The lowest BCUT2D eigenvalue weighted by molar-refractivity contribution is 0.569. The van der Waals surface area contributed by atoms with Crippen molar-refractivity contribution in [3.05, 3.63) is 30.4 Å². The first-order valence-corrected chi connectivity index (χ1v) is 4.99. The molecule has 1 aromatic heterocycles. The first-order chi connectivity index (χ1) is 6.67. The maximum atomic E-state index is 4.33. The highest BCUT2D eigenvalue weighted by Gasteiger charge is 2.12. The van der Waals surface area contributed by atoms with E-state index in [0.29, 0.717) is 6.04 Å². The Balaban J connectivity index is 2.67. The van der Waals surface area contributed by atoms with Gasteiger partial charge in [0.1, 0.15) is 0 Å². The lowest BCUT2D eigenvalue weighted by Crippen LogP contribution is -2.17. The summed E-state index contributed by atoms with van der Waals surface area (Å²) in [4.78, 5) is 4.33. The minimum absolute atomic E-state index is 0.295. The zero-order valence-electron chi connectivity index (χ0n) is 9.25. The van der Waals surface area contributed by atoms with E-state index in [1.165, 1.54) is 5.57 Å². The van der Waals surface area contributed by atoms with Gasteiger partial charge in [0.15, 0.2) is 0 Å². The summed E-state index contributed by atoms with van der Waals surface area (Å²) in [7, 11) is 3.94. The van der Waals surface area contributed by atoms with E-state index in [-0.39, 0.29) is 0 Å². The highest BCUT2D eigenvalue weighted by atomic mass is 15.0. The molecule has 0 fully saturated rings. The lowest BCUT2D eigenvalue weighted by atomic mass is 10.0. The number of aromatic nitrogens is 2. The third kappa shape index (κ3) is 2.70. The van der Waals surface area contributed by atoms with Gasteiger partial charge >= 0.3 is 0 Å². The number of hydrogen-bond acceptors (Lipinski definition) is 2. The second kappa shape index (κ2) is 4.96. The van der Waals surface area contributed by atoms with Crippen LogP contribution in [0.2, 0.25) is 0 Å². The zero-order chi connectivity index (χ0) is 10.6. The van der Waals surface area contributed by atoms with Crippen LogP contribution in [0.3, 0.4) is 0 Å². The molecule has 0 bridgehead atoms. The quantitative estimate of drug-likeness (QED) is 0.725. The molecule has 0 aliphatic heterocycles. The molecule has 0 saturated heterocycles. The summed E-state index contributed by atoms with van der Waals surface area (Å²) in [5.74, 6) is 0. The van der Waals surface area contributed by atoms with Gasteiger partial charge in [-0.15, -0.1) is 0 Å². The van der Waals surface area contributed by atoms with Crippen molar-refractivity contribution in [3.63, 3.8) is 0 Å². The van der Waals surface area contributed by atoms with Crippen LogP contribution >= 0.6 is 0 Å². The van der Waals surface area contributed by atoms with E-state index in [0.717, 1.165) is 18.5 Å². The number of nitrogens with one attached hydrogen (secondary N) is 1. The Bertz CT molecular complexity index is 301. The van der Waals surface area contributed by atoms with Crippen LogP contribution in [0.25, 0.3) is 0 Å². The van der Waals surface area contributed by atoms with Crippen LogP contribution < -0.4 is 5.32 Å². The third-order valence-corrected chi connectivity index (χ3v) is 2.42. The normalized spacial score (nSPS) is 12.8. The minimum Gasteiger partial charge on any atom is -0.340 e. The van der Waals surface area contributed by atoms with Gasteiger partial charge in [0.25, 0.3) is 0 Å². The fourth-order valence-electron chi connectivity index (χ4n) is 1.40. The maximum Gasteiger partial charge on any atom is 0.0947 e. The van der Waals surface area contributed by atoms with E-state index >= 15 is 0 Å². The molecule has 1 N–H and O–H groups in total. The maximum absolute atomic E-state index is 4.33. The molecule has 78 valence electrons. The van der Waals surface area contributed by atoms with Crippen molar-refractivity contribution in [3.8, 4) is 0 Å². The molecule has 0 spiro atoms. The van der Waals surface area contributed by atoms with Crippen molar-refractivity contribution in [2.45, 2.75) is 25.8 Å². The first kappa shape index (κ1) is 11.0. The Kier molecular flexibility index (Phi) is 3.89. The van der Waals surface area contributed by atoms with E-state index < -0.39 is 0 Å². The Morgan fingerprint density at radius 2 is 2.43 bits per heavy atom. The standard InChI is InChI=1S/C11H19N3/c1-5-9(2)6-10(12-3)11-7-14(4)8-13-11/h7-8,10,12H,2,5-6H2,1,3-4H3. The number of nitrogens with zero attached hydrogens (tertiary/aromatic N) is 2. The van der Waals surface area contributed by atoms with Crippen molar-refractivity contribution >= 4 is 0 Å². The highest BCUT2D eigenvalue weighted by molar-refractivity contribution is 5.08. The molecule has 0 aromatic carbocycles. The van der Waals surface area contributed by atoms with Crippen LogP contribution in [0.5, 0.6) is 0 Å². The van der Waals surface area contributed by atoms with Gasteiger partial charge < -0.3 is 9.88 Å². The number of rotatable bonds is 5. The van der Waals surface area contributed by atoms with E-state index in [2.05, 4.69) is 23.8 Å². The predicted octanol–water partition coefficient (Wildman–Crippen LogP) is 2.04. The summed E-state index contributed by atoms with van der Waals surface area (Å²) < 4.78 is 1.97. The van der Waals surface area contributed by atoms with E-state index in [9.17, 15) is 0 Å². The van der Waals surface area contributed by atoms with Gasteiger partial charge in [0.2, 0.25) is 0 Å². The minimum atomic E-state index is 0.295. The number of aryl methyl sites for hydroxylation is 1. The van der Waals surface area contributed by atoms with Crippen LogP contribution in [0, 0.1) is 0 Å². The molecular weight excluding hydrogens is 174 g/mol. The lowest BCUT2D eigenvalue weighted by Gasteiger charge is -2.14. The summed E-state index contributed by atoms with van der Waals surface area (Å²) >= 11 is 0. The van der Waals surface area contributed by atoms with Crippen LogP contribution in [0.15, 0.2) is 24.7 Å². The Hall–Kier alpha value is -1.09. The van der Waals surface area contributed by atoms with E-state index in [4.69, 9.17) is 0 Å². The molecule has 0 amide bonds. The van der Waals surface area contributed by atoms with Crippen molar-refractivity contribution in [2.24, 2.45) is 7.05 Å². The average molecular weight is 193 g/mol. The van der Waals surface area contributed by atoms with Gasteiger partial charge in [-0.25, -0.2) is 4.98 Å². The summed E-state index contributed by atoms with van der Waals surface area (Å²) in [6, 6.07) is 0.295. The molecule has 0 radical (unpaired) electrons. The smallest absolute Gasteiger partial charge is 0.0947 e. The molecule has 1 unspecified atom stereocenters. The summed E-state index contributed by atoms with van der Waals surface area (Å²) in [5.41, 5.74) is 2.35. The molecule has 1 rings (SSSR count). The van der Waals surface area contributed by atoms with Gasteiger partial charge in [-0.2, -0.15) is 0 Å². The fraction of sp³-hybridized carbons (Fsp3) is 0.545. The van der Waals surface area contributed by atoms with Crippen molar-refractivity contribution in [2.75, 3.05) is 7.05 Å². The van der Waals surface area contributed by atoms with Crippen LogP contribution in [-0.2, 0) is 7.05 Å². The summed E-state index contributed by atoms with van der Waals surface area (Å²) in [6.45, 7) is 6.15. The Labute approximate surface area is 85.8 Å². The zero-order valence-corrected chi connectivity index (χ0v) is 9.25. The van der Waals surface area contributed by atoms with Crippen LogP contribution in [0.1, 0.15) is 31.5 Å². The molecule has 3 heteroatoms. The summed E-state index contributed by atoms with van der Waals surface area (Å²) in [6.07, 6.45) is 5.87. The monoisotopic (exact) mass is 193 g/mol. The van der Waals surface area contributed by atoms with Crippen molar-refractivity contribution in [1.82, 2.24) is 14.9 Å². The van der Waals surface area contributed by atoms with Gasteiger partial charge in [-0.1, -0.05) is 19.1 Å². The first-order valence-electron chi connectivity index (χ1n) is 4.99. The Morgan fingerprint density at radius 3 is 2.86 bits per heavy atom. The summed E-state index contributed by atoms with van der Waals surface area (Å²) in [5, 5.41) is 3.26. The Morgan fingerprint density at radius 1 is 1.71 bits per heavy atom. The molecule has 1 aromatic rings. The topological polar surface area (TPSA) is 29.9 Å². The largest absolute Gasteiger partial charge is 0.340 e. The molecule has 1 heterocycles. The number of hydrogen-bond donors (Lipinski definition) is 1. The van der Waals surface area contributed by atoms with Gasteiger partial charge in [-0.05, 0) is 19.9 Å². The van der Waals surface area contributed by atoms with Crippen molar-refractivity contribution in [1.29, 1.82) is 0 Å². The molecule has 0 saturated carbocycles. The molecule has 1 atom stereocenters. The van der Waals surface area contributed by atoms with E-state index in [1.807, 2.05) is 31.2 Å². The van der Waals surface area contributed by atoms with Gasteiger partial charge in [-0.3, -0.25) is 0 Å². The second-order valence-corrected chi connectivity index (χ2v) is 3.61. The van der Waals surface area contributed by atoms with Gasteiger partial charge in [0.05, 0.1) is 18.1 Å². The molecule has 0 aliphatic rings. The second-order valence-electron chi connectivity index (χ2n) is 3.61. The SMILES string of the molecule is C=C(CC)CC(NC)c1cn(C)cn1.